The quantitative estimate of drug-likeness (QED) is 0.155. The van der Waals surface area contributed by atoms with Crippen molar-refractivity contribution in [3.8, 4) is 69.5 Å². The molecule has 12 heteroatoms. The fourth-order valence-electron chi connectivity index (χ4n) is 18.9. The van der Waals surface area contributed by atoms with Gasteiger partial charge in [0, 0.05) is 86.8 Å². The molecular weight excluding hydrogens is 1370 g/mol. The minimum Gasteiger partial charge on any atom is -0.455 e. The summed E-state index contributed by atoms with van der Waals surface area (Å²) in [6, 6.07) is 119. The van der Waals surface area contributed by atoms with Gasteiger partial charge in [0.25, 0.3) is 0 Å². The van der Waals surface area contributed by atoms with E-state index in [-0.39, 0.29) is 11.1 Å². The van der Waals surface area contributed by atoms with Crippen molar-refractivity contribution in [2.24, 2.45) is 0 Å². The zero-order valence-electron chi connectivity index (χ0n) is 59.3. The average molecular weight is 1430 g/mol. The van der Waals surface area contributed by atoms with Gasteiger partial charge in [0.1, 0.15) is 52.2 Å². The fourth-order valence-corrected chi connectivity index (χ4v) is 18.9. The van der Waals surface area contributed by atoms with Gasteiger partial charge < -0.3 is 36.2 Å². The third-order valence-electron chi connectivity index (χ3n) is 23.6. The van der Waals surface area contributed by atoms with Crippen molar-refractivity contribution in [1.82, 2.24) is 27.4 Å². The minimum absolute atomic E-state index is 0.239. The van der Waals surface area contributed by atoms with Gasteiger partial charge in [-0.2, -0.15) is 21.0 Å². The molecule has 0 amide bonds. The van der Waals surface area contributed by atoms with E-state index in [4.69, 9.17) is 8.83 Å². The van der Waals surface area contributed by atoms with Crippen molar-refractivity contribution >= 4 is 175 Å². The van der Waals surface area contributed by atoms with Gasteiger partial charge in [-0.15, -0.1) is 0 Å². The van der Waals surface area contributed by atoms with E-state index in [2.05, 4.69) is 282 Å². The summed E-state index contributed by atoms with van der Waals surface area (Å²) in [5.74, 6) is 0. The number of hydrogen-bond acceptors (Lipinski definition) is 6. The highest BCUT2D eigenvalue weighted by Gasteiger charge is 2.29. The Morgan fingerprint density at radius 2 is 0.562 bits per heavy atom. The van der Waals surface area contributed by atoms with Crippen LogP contribution in [0.25, 0.3) is 220 Å². The molecule has 112 heavy (non-hydrogen) atoms. The lowest BCUT2D eigenvalue weighted by Crippen LogP contribution is -2.06. The standard InChI is InChI=1S/C100H52N10O2/c101-53-59-34-41-90(78(56-104)98(59)110-83-29-13-5-21-66(83)73-51-61(37-43-87(73)110)106-81-27-11-3-19-64(81)65-20-4-12-28-82(65)106)108-85-31-15-7-24-72(85)97-92(108)45-40-70-75-49-57(35-48-95(75)112-100(70)97)58-33-38-67-74-52-60(105-79-25-9-1-17-62(79)63-18-2-10-26-80(63)105)36-42-86(74)109(93(67)50-58)89-47-46-88(76(54-102)77(89)55-103)107-84-30-14-6-23-71(84)96-91(107)44-39-69-68-22-8-16-32-94(68)111-99(69)96/h1-52H. The highest BCUT2D eigenvalue weighted by molar-refractivity contribution is 6.26. The van der Waals surface area contributed by atoms with Gasteiger partial charge in [0.05, 0.1) is 116 Å². The van der Waals surface area contributed by atoms with Crippen LogP contribution in [0, 0.1) is 45.3 Å². The van der Waals surface area contributed by atoms with Crippen LogP contribution in [0.4, 0.5) is 0 Å². The van der Waals surface area contributed by atoms with Gasteiger partial charge in [-0.25, -0.2) is 0 Å². The summed E-state index contributed by atoms with van der Waals surface area (Å²) < 4.78 is 27.0. The van der Waals surface area contributed by atoms with Crippen LogP contribution in [-0.4, -0.2) is 27.4 Å². The molecule has 0 aliphatic rings. The summed E-state index contributed by atoms with van der Waals surface area (Å²) in [7, 11) is 0. The van der Waals surface area contributed by atoms with E-state index in [1.54, 1.807) is 0 Å². The predicted molar refractivity (Wildman–Crippen MR) is 451 cm³/mol. The summed E-state index contributed by atoms with van der Waals surface area (Å²) in [6.07, 6.45) is 0. The van der Waals surface area contributed by atoms with Crippen LogP contribution in [0.2, 0.25) is 0 Å². The number of fused-ring (bicyclic) bond motifs is 26. The number of nitriles is 4. The van der Waals surface area contributed by atoms with Gasteiger partial charge in [0.2, 0.25) is 0 Å². The Morgan fingerprint density at radius 1 is 0.214 bits per heavy atom. The second-order valence-corrected chi connectivity index (χ2v) is 29.0. The third kappa shape index (κ3) is 8.12. The van der Waals surface area contributed by atoms with Crippen LogP contribution in [0.1, 0.15) is 22.3 Å². The molecule has 24 aromatic rings. The maximum Gasteiger partial charge on any atom is 0.145 e. The Balaban J connectivity index is 0.677. The first-order valence-electron chi connectivity index (χ1n) is 37.2. The second-order valence-electron chi connectivity index (χ2n) is 29.0. The van der Waals surface area contributed by atoms with E-state index in [0.29, 0.717) is 45.0 Å². The summed E-state index contributed by atoms with van der Waals surface area (Å²) in [5.41, 5.74) is 21.6. The molecule has 0 saturated carbocycles. The van der Waals surface area contributed by atoms with Crippen LogP contribution in [-0.2, 0) is 0 Å². The zero-order chi connectivity index (χ0) is 73.9. The third-order valence-corrected chi connectivity index (χ3v) is 23.6. The molecule has 0 atom stereocenters. The first-order valence-corrected chi connectivity index (χ1v) is 37.2. The zero-order valence-corrected chi connectivity index (χ0v) is 59.3. The molecule has 0 radical (unpaired) electrons. The van der Waals surface area contributed by atoms with Crippen LogP contribution >= 0.6 is 0 Å². The molecule has 0 unspecified atom stereocenters. The Bertz CT molecular complexity index is 8490. The molecule has 24 rings (SSSR count). The molecule has 0 saturated heterocycles. The van der Waals surface area contributed by atoms with Crippen LogP contribution in [0.3, 0.4) is 0 Å². The summed E-state index contributed by atoms with van der Waals surface area (Å²) in [5, 5.41) is 62.5. The lowest BCUT2D eigenvalue weighted by molar-refractivity contribution is 0.672. The topological polar surface area (TPSA) is 151 Å². The van der Waals surface area contributed by atoms with Crippen molar-refractivity contribution in [3.05, 3.63) is 338 Å². The minimum atomic E-state index is 0.239. The molecule has 514 valence electrons. The summed E-state index contributed by atoms with van der Waals surface area (Å²) in [6.45, 7) is 0. The van der Waals surface area contributed by atoms with Gasteiger partial charge in [-0.1, -0.05) is 164 Å². The number of para-hydroxylation sites is 8. The van der Waals surface area contributed by atoms with Gasteiger partial charge in [0.15, 0.2) is 0 Å². The maximum absolute atomic E-state index is 11.8. The number of hydrogen-bond donors (Lipinski definition) is 0. The molecule has 0 aliphatic carbocycles. The molecule has 0 aliphatic heterocycles. The van der Waals surface area contributed by atoms with Crippen molar-refractivity contribution in [3.63, 3.8) is 0 Å². The van der Waals surface area contributed by atoms with Crippen molar-refractivity contribution in [2.45, 2.75) is 0 Å². The molecule has 8 aromatic heterocycles. The average Bonchev–Trinajstić information content (AvgIpc) is 1.53. The molecule has 0 bridgehead atoms. The van der Waals surface area contributed by atoms with Crippen molar-refractivity contribution in [2.75, 3.05) is 0 Å². The summed E-state index contributed by atoms with van der Waals surface area (Å²) in [4.78, 5) is 0. The van der Waals surface area contributed by atoms with E-state index in [9.17, 15) is 21.0 Å². The SMILES string of the molecule is N#Cc1ccc(-n2c3ccccc3c3c4oc5ccc(-c6ccc7c8cc(-n9c%10ccccc%10c%10ccccc%109)ccc8n(-c8ccc(-n9c%10ccccc%10c%10c%11oc%12ccccc%12c%11ccc%109)c(C#N)c8C#N)c7c6)cc5c4ccc32)c(C#N)c1-n1c2ccccc2c2cc(-n3c4ccccc4c4ccccc43)ccc21. The normalized spacial score (nSPS) is 12.1. The van der Waals surface area contributed by atoms with Crippen LogP contribution < -0.4 is 0 Å². The van der Waals surface area contributed by atoms with Gasteiger partial charge in [-0.05, 0) is 163 Å². The fraction of sp³-hybridized carbons (Fsp3) is 0. The Labute approximate surface area is 635 Å². The number of rotatable bonds is 7. The maximum atomic E-state index is 11.8. The van der Waals surface area contributed by atoms with Crippen LogP contribution in [0.15, 0.2) is 324 Å². The molecule has 0 spiro atoms. The Kier molecular flexibility index (Phi) is 12.4. The molecular formula is C100H52N10O2. The summed E-state index contributed by atoms with van der Waals surface area (Å²) >= 11 is 0. The smallest absolute Gasteiger partial charge is 0.145 e. The van der Waals surface area contributed by atoms with E-state index < -0.39 is 0 Å². The molecule has 12 nitrogen and oxygen atoms in total. The number of furan rings is 2. The van der Waals surface area contributed by atoms with Crippen molar-refractivity contribution < 1.29 is 8.83 Å². The number of aromatic nitrogens is 6. The second kappa shape index (κ2) is 22.7. The largest absolute Gasteiger partial charge is 0.455 e. The number of nitrogens with zero attached hydrogens (tertiary/aromatic N) is 10. The Morgan fingerprint density at radius 3 is 1.06 bits per heavy atom. The Hall–Kier alpha value is -16.1. The monoisotopic (exact) mass is 1420 g/mol. The first kappa shape index (κ1) is 61.1. The predicted octanol–water partition coefficient (Wildman–Crippen LogP) is 25.2. The van der Waals surface area contributed by atoms with E-state index in [1.807, 2.05) is 84.9 Å². The number of benzene rings is 16. The van der Waals surface area contributed by atoms with E-state index >= 15 is 0 Å². The van der Waals surface area contributed by atoms with E-state index in [1.165, 1.54) is 10.8 Å². The van der Waals surface area contributed by atoms with E-state index in [0.717, 1.165) is 175 Å². The highest BCUT2D eigenvalue weighted by atomic mass is 16.3. The molecule has 16 aromatic carbocycles. The molecule has 8 heterocycles. The van der Waals surface area contributed by atoms with Crippen molar-refractivity contribution in [1.29, 1.82) is 21.0 Å². The lowest BCUT2D eigenvalue weighted by atomic mass is 10.0. The highest BCUT2D eigenvalue weighted by Crippen LogP contribution is 2.48. The van der Waals surface area contributed by atoms with Crippen LogP contribution in [0.5, 0.6) is 0 Å². The van der Waals surface area contributed by atoms with Gasteiger partial charge >= 0.3 is 0 Å². The lowest BCUT2D eigenvalue weighted by Gasteiger charge is -2.17. The first-order chi connectivity index (χ1) is 55.4. The molecule has 0 N–H and O–H groups in total. The van der Waals surface area contributed by atoms with Gasteiger partial charge in [-0.3, -0.25) is 0 Å². The molecule has 0 fully saturated rings.